The number of rotatable bonds is 7. The number of nitrogens with zero attached hydrogens (tertiary/aromatic N) is 1. The first-order valence-corrected chi connectivity index (χ1v) is 11.2. The normalized spacial score (nSPS) is 14.2. The molecule has 0 unspecified atom stereocenters. The quantitative estimate of drug-likeness (QED) is 0.280. The number of ether oxygens (including phenoxy) is 3. The van der Waals surface area contributed by atoms with Crippen LogP contribution in [0.5, 0.6) is 11.5 Å². The molecule has 1 heterocycles. The fourth-order valence-corrected chi connectivity index (χ4v) is 3.80. The molecule has 4 rings (SSSR count). The standard InChI is InChI=1S/C26H21BrFNO4/c1-3-31-23-14-17(12-20(27)24(23)32-15-19-6-4-5-7-21(19)28)13-22-26(30)33-25(29-22)18-10-8-16(2)9-11-18/h4-14H,3,15H2,1-2H3/b22-13-. The predicted molar refractivity (Wildman–Crippen MR) is 128 cm³/mol. The number of carbonyl (C=O) groups excluding carboxylic acids is 1. The zero-order valence-corrected chi connectivity index (χ0v) is 19.7. The summed E-state index contributed by atoms with van der Waals surface area (Å²) < 4.78 is 31.5. The van der Waals surface area contributed by atoms with Crippen LogP contribution in [-0.4, -0.2) is 18.5 Å². The summed E-state index contributed by atoms with van der Waals surface area (Å²) in [6, 6.07) is 17.5. The van der Waals surface area contributed by atoms with E-state index in [0.717, 1.165) is 11.1 Å². The number of carbonyl (C=O) groups is 1. The summed E-state index contributed by atoms with van der Waals surface area (Å²) in [6.07, 6.45) is 1.62. The maximum atomic E-state index is 14.0. The minimum atomic E-state index is -0.528. The molecule has 0 aliphatic carbocycles. The lowest BCUT2D eigenvalue weighted by Crippen LogP contribution is -2.05. The largest absolute Gasteiger partial charge is 0.490 e. The molecule has 3 aromatic carbocycles. The molecule has 168 valence electrons. The number of halogens is 2. The minimum Gasteiger partial charge on any atom is -0.490 e. The summed E-state index contributed by atoms with van der Waals surface area (Å²) in [6.45, 7) is 4.28. The van der Waals surface area contributed by atoms with E-state index in [2.05, 4.69) is 20.9 Å². The molecule has 0 fully saturated rings. The molecule has 33 heavy (non-hydrogen) atoms. The highest BCUT2D eigenvalue weighted by Crippen LogP contribution is 2.38. The maximum Gasteiger partial charge on any atom is 0.363 e. The van der Waals surface area contributed by atoms with E-state index >= 15 is 0 Å². The van der Waals surface area contributed by atoms with Gasteiger partial charge in [0.05, 0.1) is 11.1 Å². The van der Waals surface area contributed by atoms with Gasteiger partial charge in [0.1, 0.15) is 12.4 Å². The summed E-state index contributed by atoms with van der Waals surface area (Å²) in [5, 5.41) is 0. The zero-order valence-electron chi connectivity index (χ0n) is 18.1. The van der Waals surface area contributed by atoms with Crippen molar-refractivity contribution in [2.24, 2.45) is 4.99 Å². The van der Waals surface area contributed by atoms with Crippen molar-refractivity contribution in [3.63, 3.8) is 0 Å². The summed E-state index contributed by atoms with van der Waals surface area (Å²) >= 11 is 3.50. The monoisotopic (exact) mass is 509 g/mol. The van der Waals surface area contributed by atoms with E-state index in [-0.39, 0.29) is 24.0 Å². The van der Waals surface area contributed by atoms with Crippen molar-refractivity contribution in [3.05, 3.63) is 98.9 Å². The second kappa shape index (κ2) is 10.0. The molecule has 0 N–H and O–H groups in total. The third-order valence-electron chi connectivity index (χ3n) is 4.88. The van der Waals surface area contributed by atoms with Crippen LogP contribution in [-0.2, 0) is 16.1 Å². The summed E-state index contributed by atoms with van der Waals surface area (Å²) in [5.74, 6) is 0.305. The van der Waals surface area contributed by atoms with Gasteiger partial charge in [-0.3, -0.25) is 0 Å². The first kappa shape index (κ1) is 22.7. The van der Waals surface area contributed by atoms with Crippen molar-refractivity contribution in [1.29, 1.82) is 0 Å². The molecule has 1 aliphatic heterocycles. The van der Waals surface area contributed by atoms with Gasteiger partial charge in [-0.25, -0.2) is 14.2 Å². The van der Waals surface area contributed by atoms with E-state index in [0.29, 0.717) is 33.7 Å². The van der Waals surface area contributed by atoms with Gasteiger partial charge in [0.15, 0.2) is 17.2 Å². The molecule has 3 aromatic rings. The van der Waals surface area contributed by atoms with Gasteiger partial charge in [-0.2, -0.15) is 0 Å². The lowest BCUT2D eigenvalue weighted by Gasteiger charge is -2.15. The van der Waals surface area contributed by atoms with Crippen LogP contribution in [0.15, 0.2) is 75.8 Å². The topological polar surface area (TPSA) is 57.1 Å². The number of esters is 1. The minimum absolute atomic E-state index is 0.0440. The molecule has 0 bridgehead atoms. The van der Waals surface area contributed by atoms with Crippen molar-refractivity contribution in [2.45, 2.75) is 20.5 Å². The third kappa shape index (κ3) is 5.31. The van der Waals surface area contributed by atoms with Crippen molar-refractivity contribution in [2.75, 3.05) is 6.61 Å². The van der Waals surface area contributed by atoms with E-state index in [1.807, 2.05) is 38.1 Å². The average Bonchev–Trinajstić information content (AvgIpc) is 3.15. The van der Waals surface area contributed by atoms with Crippen molar-refractivity contribution in [1.82, 2.24) is 0 Å². The summed E-state index contributed by atoms with van der Waals surface area (Å²) in [5.41, 5.74) is 3.12. The van der Waals surface area contributed by atoms with Gasteiger partial charge in [-0.1, -0.05) is 35.9 Å². The van der Waals surface area contributed by atoms with E-state index in [1.54, 1.807) is 36.4 Å². The molecule has 0 radical (unpaired) electrons. The SMILES string of the molecule is CCOc1cc(/C=C2\N=C(c3ccc(C)cc3)OC2=O)cc(Br)c1OCc1ccccc1F. The van der Waals surface area contributed by atoms with Crippen LogP contribution in [0.25, 0.3) is 6.08 Å². The molecular weight excluding hydrogens is 489 g/mol. The molecule has 1 aliphatic rings. The van der Waals surface area contributed by atoms with Gasteiger partial charge in [-0.15, -0.1) is 0 Å². The molecule has 5 nitrogen and oxygen atoms in total. The lowest BCUT2D eigenvalue weighted by molar-refractivity contribution is -0.129. The highest BCUT2D eigenvalue weighted by molar-refractivity contribution is 9.10. The molecule has 7 heteroatoms. The molecular formula is C26H21BrFNO4. The first-order valence-electron chi connectivity index (χ1n) is 10.4. The van der Waals surface area contributed by atoms with Crippen molar-refractivity contribution < 1.29 is 23.4 Å². The summed E-state index contributed by atoms with van der Waals surface area (Å²) in [4.78, 5) is 16.7. The number of benzene rings is 3. The Labute approximate surface area is 199 Å². The summed E-state index contributed by atoms with van der Waals surface area (Å²) in [7, 11) is 0. The van der Waals surface area contributed by atoms with Crippen LogP contribution >= 0.6 is 15.9 Å². The molecule has 0 saturated heterocycles. The zero-order chi connectivity index (χ0) is 23.4. The Kier molecular flexibility index (Phi) is 6.89. The van der Waals surface area contributed by atoms with Crippen LogP contribution in [0.4, 0.5) is 4.39 Å². The van der Waals surface area contributed by atoms with Gasteiger partial charge in [0, 0.05) is 11.1 Å². The smallest absolute Gasteiger partial charge is 0.363 e. The Morgan fingerprint density at radius 1 is 1.09 bits per heavy atom. The van der Waals surface area contributed by atoms with Crippen LogP contribution in [0.2, 0.25) is 0 Å². The van der Waals surface area contributed by atoms with Crippen LogP contribution < -0.4 is 9.47 Å². The lowest BCUT2D eigenvalue weighted by atomic mass is 10.1. The highest BCUT2D eigenvalue weighted by Gasteiger charge is 2.24. The average molecular weight is 510 g/mol. The third-order valence-corrected chi connectivity index (χ3v) is 5.47. The Bertz CT molecular complexity index is 1250. The van der Waals surface area contributed by atoms with E-state index in [1.165, 1.54) is 6.07 Å². The second-order valence-corrected chi connectivity index (χ2v) is 8.20. The highest BCUT2D eigenvalue weighted by atomic mass is 79.9. The number of cyclic esters (lactones) is 1. The van der Waals surface area contributed by atoms with Gasteiger partial charge in [0.2, 0.25) is 5.90 Å². The predicted octanol–water partition coefficient (Wildman–Crippen LogP) is 6.22. The van der Waals surface area contributed by atoms with Gasteiger partial charge in [-0.05, 0) is 71.7 Å². The fourth-order valence-electron chi connectivity index (χ4n) is 3.23. The Morgan fingerprint density at radius 3 is 2.58 bits per heavy atom. The maximum absolute atomic E-state index is 14.0. The second-order valence-electron chi connectivity index (χ2n) is 7.35. The van der Waals surface area contributed by atoms with Gasteiger partial charge in [0.25, 0.3) is 0 Å². The molecule has 0 aromatic heterocycles. The van der Waals surface area contributed by atoms with E-state index in [9.17, 15) is 9.18 Å². The van der Waals surface area contributed by atoms with Crippen LogP contribution in [0.1, 0.15) is 29.2 Å². The number of aryl methyl sites for hydroxylation is 1. The number of hydrogen-bond acceptors (Lipinski definition) is 5. The number of aliphatic imine (C=N–C) groups is 1. The van der Waals surface area contributed by atoms with Crippen molar-refractivity contribution >= 4 is 33.9 Å². The molecule has 0 spiro atoms. The van der Waals surface area contributed by atoms with Gasteiger partial charge < -0.3 is 14.2 Å². The van der Waals surface area contributed by atoms with Crippen LogP contribution in [0.3, 0.4) is 0 Å². The molecule has 0 atom stereocenters. The number of hydrogen-bond donors (Lipinski definition) is 0. The van der Waals surface area contributed by atoms with Crippen LogP contribution in [0, 0.1) is 12.7 Å². The Hall–Kier alpha value is -3.45. The van der Waals surface area contributed by atoms with Crippen molar-refractivity contribution in [3.8, 4) is 11.5 Å². The van der Waals surface area contributed by atoms with E-state index < -0.39 is 5.97 Å². The Morgan fingerprint density at radius 2 is 1.85 bits per heavy atom. The molecule has 0 saturated carbocycles. The fraction of sp³-hybridized carbons (Fsp3) is 0.154. The van der Waals surface area contributed by atoms with Gasteiger partial charge >= 0.3 is 5.97 Å². The first-order chi connectivity index (χ1) is 15.9. The molecule has 0 amide bonds. The Balaban J connectivity index is 1.61. The van der Waals surface area contributed by atoms with E-state index in [4.69, 9.17) is 14.2 Å².